The van der Waals surface area contributed by atoms with Crippen LogP contribution in [0.1, 0.15) is 60.2 Å². The molecule has 0 aromatic heterocycles. The second kappa shape index (κ2) is 11.8. The van der Waals surface area contributed by atoms with E-state index in [-0.39, 0.29) is 11.3 Å². The van der Waals surface area contributed by atoms with Crippen LogP contribution in [0.2, 0.25) is 0 Å². The molecule has 0 aliphatic rings. The van der Waals surface area contributed by atoms with Gasteiger partial charge in [-0.25, -0.2) is 9.59 Å². The van der Waals surface area contributed by atoms with Gasteiger partial charge in [-0.2, -0.15) is 0 Å². The Morgan fingerprint density at radius 2 is 1.44 bits per heavy atom. The third-order valence-electron chi connectivity index (χ3n) is 5.40. The van der Waals surface area contributed by atoms with Crippen LogP contribution in [0.15, 0.2) is 78.9 Å². The molecule has 4 nitrogen and oxygen atoms in total. The summed E-state index contributed by atoms with van der Waals surface area (Å²) >= 11 is 0. The number of esters is 2. The first-order valence-corrected chi connectivity index (χ1v) is 11.2. The van der Waals surface area contributed by atoms with E-state index in [2.05, 4.69) is 13.8 Å². The molecule has 32 heavy (non-hydrogen) atoms. The van der Waals surface area contributed by atoms with Gasteiger partial charge in [0.25, 0.3) is 0 Å². The first-order valence-electron chi connectivity index (χ1n) is 11.2. The molecule has 1 unspecified atom stereocenters. The fourth-order valence-electron chi connectivity index (χ4n) is 3.72. The van der Waals surface area contributed by atoms with E-state index in [0.717, 1.165) is 30.4 Å². The monoisotopic (exact) mass is 430 g/mol. The molecule has 0 spiro atoms. The lowest BCUT2D eigenvalue weighted by Gasteiger charge is -2.13. The van der Waals surface area contributed by atoms with E-state index in [1.807, 2.05) is 42.5 Å². The van der Waals surface area contributed by atoms with Gasteiger partial charge in [-0.1, -0.05) is 87.4 Å². The largest absolute Gasteiger partial charge is 0.462 e. The summed E-state index contributed by atoms with van der Waals surface area (Å²) in [7, 11) is 0. The molecule has 0 heterocycles. The van der Waals surface area contributed by atoms with Crippen molar-refractivity contribution in [3.8, 4) is 16.9 Å². The van der Waals surface area contributed by atoms with Crippen LogP contribution in [0.4, 0.5) is 0 Å². The average molecular weight is 431 g/mol. The van der Waals surface area contributed by atoms with Crippen molar-refractivity contribution in [1.29, 1.82) is 0 Å². The molecular formula is C28H30O4. The summed E-state index contributed by atoms with van der Waals surface area (Å²) in [5.41, 5.74) is 2.39. The van der Waals surface area contributed by atoms with Gasteiger partial charge in [0.15, 0.2) is 0 Å². The summed E-state index contributed by atoms with van der Waals surface area (Å²) in [6.07, 6.45) is 4.18. The lowest BCUT2D eigenvalue weighted by Crippen LogP contribution is -2.14. The number of rotatable bonds is 10. The Morgan fingerprint density at radius 3 is 2.19 bits per heavy atom. The minimum atomic E-state index is -0.516. The van der Waals surface area contributed by atoms with E-state index in [4.69, 9.17) is 9.47 Å². The highest BCUT2D eigenvalue weighted by atomic mass is 16.5. The first kappa shape index (κ1) is 23.3. The van der Waals surface area contributed by atoms with Crippen LogP contribution in [0, 0.1) is 5.92 Å². The van der Waals surface area contributed by atoms with Crippen molar-refractivity contribution in [3.05, 3.63) is 90.0 Å². The third-order valence-corrected chi connectivity index (χ3v) is 5.40. The van der Waals surface area contributed by atoms with Gasteiger partial charge in [0.1, 0.15) is 11.3 Å². The lowest BCUT2D eigenvalue weighted by atomic mass is 10.00. The number of ether oxygens (including phenoxy) is 2. The van der Waals surface area contributed by atoms with Crippen molar-refractivity contribution in [1.82, 2.24) is 0 Å². The van der Waals surface area contributed by atoms with Gasteiger partial charge >= 0.3 is 11.9 Å². The van der Waals surface area contributed by atoms with E-state index < -0.39 is 11.9 Å². The normalized spacial score (nSPS) is 11.6. The quantitative estimate of drug-likeness (QED) is 0.198. The minimum absolute atomic E-state index is 0.199. The predicted octanol–water partition coefficient (Wildman–Crippen LogP) is 6.95. The van der Waals surface area contributed by atoms with Crippen LogP contribution >= 0.6 is 0 Å². The zero-order chi connectivity index (χ0) is 22.8. The van der Waals surface area contributed by atoms with E-state index in [1.165, 1.54) is 6.42 Å². The highest BCUT2D eigenvalue weighted by Gasteiger charge is 2.19. The Hall–Kier alpha value is -3.40. The zero-order valence-corrected chi connectivity index (χ0v) is 18.8. The lowest BCUT2D eigenvalue weighted by molar-refractivity contribution is 0.0488. The maximum atomic E-state index is 13.0. The van der Waals surface area contributed by atoms with Crippen molar-refractivity contribution in [3.63, 3.8) is 0 Å². The summed E-state index contributed by atoms with van der Waals surface area (Å²) in [6.45, 7) is 4.74. The number of hydrogen-bond donors (Lipinski definition) is 0. The van der Waals surface area contributed by atoms with Crippen molar-refractivity contribution in [2.45, 2.75) is 39.5 Å². The molecule has 166 valence electrons. The van der Waals surface area contributed by atoms with Gasteiger partial charge in [-0.3, -0.25) is 0 Å². The summed E-state index contributed by atoms with van der Waals surface area (Å²) in [5.74, 6) is -0.174. The Bertz CT molecular complexity index is 1030. The van der Waals surface area contributed by atoms with Gasteiger partial charge in [0.05, 0.1) is 12.2 Å². The van der Waals surface area contributed by atoms with Crippen LogP contribution < -0.4 is 4.74 Å². The van der Waals surface area contributed by atoms with Crippen molar-refractivity contribution in [2.24, 2.45) is 5.92 Å². The Kier molecular flexibility index (Phi) is 8.61. The maximum Gasteiger partial charge on any atom is 0.344 e. The molecule has 1 atom stereocenters. The third kappa shape index (κ3) is 6.30. The molecule has 0 fully saturated rings. The summed E-state index contributed by atoms with van der Waals surface area (Å²) in [5, 5.41) is 0. The van der Waals surface area contributed by atoms with Gasteiger partial charge < -0.3 is 9.47 Å². The van der Waals surface area contributed by atoms with Crippen LogP contribution in [-0.4, -0.2) is 18.5 Å². The topological polar surface area (TPSA) is 52.6 Å². The van der Waals surface area contributed by atoms with E-state index >= 15 is 0 Å². The molecule has 0 radical (unpaired) electrons. The van der Waals surface area contributed by atoms with Crippen LogP contribution in [0.3, 0.4) is 0 Å². The molecule has 4 heteroatoms. The fraction of sp³-hybridized carbons (Fsp3) is 0.286. The van der Waals surface area contributed by atoms with Gasteiger partial charge in [-0.15, -0.1) is 0 Å². The Balaban J connectivity index is 1.69. The number of carbonyl (C=O) groups excluding carboxylic acids is 2. The molecule has 0 amide bonds. The second-order valence-electron chi connectivity index (χ2n) is 7.97. The van der Waals surface area contributed by atoms with Crippen LogP contribution in [0.25, 0.3) is 11.1 Å². The molecule has 0 aliphatic carbocycles. The molecule has 0 N–H and O–H groups in total. The predicted molar refractivity (Wildman–Crippen MR) is 127 cm³/mol. The van der Waals surface area contributed by atoms with Gasteiger partial charge in [0.2, 0.25) is 0 Å². The standard InChI is InChI=1S/C28H30O4/c1-3-12-21(2)13-11-20-31-27(29)25-18-9-10-19-26(25)32-28(30)24-17-8-7-16-23(24)22-14-5-4-6-15-22/h4-10,14-19,21H,3,11-13,20H2,1-2H3. The van der Waals surface area contributed by atoms with E-state index in [0.29, 0.717) is 18.1 Å². The molecule has 0 saturated heterocycles. The maximum absolute atomic E-state index is 13.0. The van der Waals surface area contributed by atoms with E-state index in [1.54, 1.807) is 36.4 Å². The smallest absolute Gasteiger partial charge is 0.344 e. The SMILES string of the molecule is CCCC(C)CCCOC(=O)c1ccccc1OC(=O)c1ccccc1-c1ccccc1. The first-order chi connectivity index (χ1) is 15.6. The molecule has 3 aromatic rings. The highest BCUT2D eigenvalue weighted by Crippen LogP contribution is 2.26. The van der Waals surface area contributed by atoms with Crippen LogP contribution in [-0.2, 0) is 4.74 Å². The molecule has 0 bridgehead atoms. The molecule has 3 rings (SSSR count). The average Bonchev–Trinajstić information content (AvgIpc) is 2.83. The van der Waals surface area contributed by atoms with Crippen LogP contribution in [0.5, 0.6) is 5.75 Å². The number of para-hydroxylation sites is 1. The van der Waals surface area contributed by atoms with Gasteiger partial charge in [0, 0.05) is 0 Å². The highest BCUT2D eigenvalue weighted by molar-refractivity contribution is 6.00. The number of benzene rings is 3. The summed E-state index contributed by atoms with van der Waals surface area (Å²) in [4.78, 5) is 25.6. The second-order valence-corrected chi connectivity index (χ2v) is 7.97. The number of carbonyl (C=O) groups is 2. The fourth-order valence-corrected chi connectivity index (χ4v) is 3.72. The molecule has 0 saturated carbocycles. The van der Waals surface area contributed by atoms with Crippen molar-refractivity contribution in [2.75, 3.05) is 6.61 Å². The van der Waals surface area contributed by atoms with Crippen molar-refractivity contribution >= 4 is 11.9 Å². The summed E-state index contributed by atoms with van der Waals surface area (Å²) in [6, 6.07) is 23.6. The zero-order valence-electron chi connectivity index (χ0n) is 18.8. The molecule has 3 aromatic carbocycles. The Morgan fingerprint density at radius 1 is 0.781 bits per heavy atom. The Labute approximate surface area is 190 Å². The number of hydrogen-bond acceptors (Lipinski definition) is 4. The minimum Gasteiger partial charge on any atom is -0.462 e. The molecular weight excluding hydrogens is 400 g/mol. The molecule has 0 aliphatic heterocycles. The summed E-state index contributed by atoms with van der Waals surface area (Å²) < 4.78 is 11.1. The van der Waals surface area contributed by atoms with Gasteiger partial charge in [-0.05, 0) is 48.1 Å². The van der Waals surface area contributed by atoms with E-state index in [9.17, 15) is 9.59 Å². The van der Waals surface area contributed by atoms with Crippen molar-refractivity contribution < 1.29 is 19.1 Å².